The van der Waals surface area contributed by atoms with Crippen LogP contribution in [-0.2, 0) is 0 Å². The highest BCUT2D eigenvalue weighted by molar-refractivity contribution is 5.53. The molecule has 0 radical (unpaired) electrons. The number of H-pyrrole nitrogens is 2. The quantitative estimate of drug-likeness (QED) is 0.542. The van der Waals surface area contributed by atoms with Gasteiger partial charge in [-0.25, -0.2) is 0 Å². The lowest BCUT2D eigenvalue weighted by molar-refractivity contribution is 0.991. The minimum Gasteiger partial charge on any atom is -0.296 e. The highest BCUT2D eigenvalue weighted by Gasteiger charge is 2.01. The highest BCUT2D eigenvalue weighted by Crippen LogP contribution is 2.11. The second-order valence-corrected chi connectivity index (χ2v) is 2.00. The molecule has 2 rings (SSSR count). The zero-order valence-electron chi connectivity index (χ0n) is 5.09. The van der Waals surface area contributed by atoms with E-state index in [-0.39, 0.29) is 5.56 Å². The predicted molar refractivity (Wildman–Crippen MR) is 35.8 cm³/mol. The van der Waals surface area contributed by atoms with E-state index < -0.39 is 0 Å². The van der Waals surface area contributed by atoms with Crippen molar-refractivity contribution in [3.05, 3.63) is 28.7 Å². The molecule has 2 N–H and O–H groups in total. The number of rotatable bonds is 0. The first-order valence-electron chi connectivity index (χ1n) is 2.89. The zero-order chi connectivity index (χ0) is 6.97. The summed E-state index contributed by atoms with van der Waals surface area (Å²) in [6.07, 6.45) is 1.65. The van der Waals surface area contributed by atoms with Gasteiger partial charge in [0.2, 0.25) is 0 Å². The fourth-order valence-electron chi connectivity index (χ4n) is 0.857. The van der Waals surface area contributed by atoms with Gasteiger partial charge < -0.3 is 0 Å². The molecule has 0 fully saturated rings. The maximum atomic E-state index is 10.7. The molecule has 0 saturated heterocycles. The molecule has 2 heterocycles. The Balaban J connectivity index is 2.87. The Bertz CT molecular complexity index is 362. The topological polar surface area (TPSA) is 61.5 Å². The van der Waals surface area contributed by atoms with Crippen LogP contribution in [0.1, 0.15) is 0 Å². The summed E-state index contributed by atoms with van der Waals surface area (Å²) >= 11 is 0. The van der Waals surface area contributed by atoms with Crippen LogP contribution < -0.4 is 5.56 Å². The third-order valence-corrected chi connectivity index (χ3v) is 1.32. The Labute approximate surface area is 56.2 Å². The molecule has 10 heavy (non-hydrogen) atoms. The number of aromatic nitrogens is 3. The number of nitrogens with one attached hydrogen (secondary N) is 2. The van der Waals surface area contributed by atoms with Gasteiger partial charge in [-0.2, -0.15) is 0 Å². The van der Waals surface area contributed by atoms with Crippen molar-refractivity contribution in [2.45, 2.75) is 0 Å². The molecule has 0 bridgehead atoms. The number of nitrogens with zero attached hydrogens (tertiary/aromatic N) is 1. The molecule has 0 aliphatic carbocycles. The van der Waals surface area contributed by atoms with E-state index in [2.05, 4.69) is 15.2 Å². The van der Waals surface area contributed by atoms with Crippen molar-refractivity contribution in [3.63, 3.8) is 0 Å². The molecule has 0 aromatic heterocycles. The number of fused-ring (bicyclic) bond motifs is 1. The largest absolute Gasteiger partial charge is 0.296 e. The summed E-state index contributed by atoms with van der Waals surface area (Å²) in [5.41, 5.74) is 1.38. The van der Waals surface area contributed by atoms with Gasteiger partial charge in [0, 0.05) is 12.3 Å². The summed E-state index contributed by atoms with van der Waals surface area (Å²) in [4.78, 5) is 14.6. The van der Waals surface area contributed by atoms with Crippen LogP contribution in [0.15, 0.2) is 23.1 Å². The first kappa shape index (κ1) is 5.22. The van der Waals surface area contributed by atoms with Crippen LogP contribution in [0.5, 0.6) is 0 Å². The molecule has 50 valence electrons. The summed E-state index contributed by atoms with van der Waals surface area (Å²) in [7, 11) is 0. The Morgan fingerprint density at radius 3 is 3.20 bits per heavy atom. The van der Waals surface area contributed by atoms with Crippen molar-refractivity contribution in [3.8, 4) is 11.4 Å². The summed E-state index contributed by atoms with van der Waals surface area (Å²) in [6.45, 7) is 0. The molecule has 0 aromatic carbocycles. The lowest BCUT2D eigenvalue weighted by atomic mass is 10.3. The Kier molecular flexibility index (Phi) is 0.887. The van der Waals surface area contributed by atoms with Crippen LogP contribution in [0, 0.1) is 0 Å². The maximum Gasteiger partial charge on any atom is 0.264 e. The van der Waals surface area contributed by atoms with E-state index in [1.165, 1.54) is 6.07 Å². The first-order chi connectivity index (χ1) is 4.86. The summed E-state index contributed by atoms with van der Waals surface area (Å²) in [5.74, 6) is 0. The fourth-order valence-corrected chi connectivity index (χ4v) is 0.857. The van der Waals surface area contributed by atoms with Gasteiger partial charge in [-0.15, -0.1) is 0 Å². The van der Waals surface area contributed by atoms with Crippen molar-refractivity contribution in [2.24, 2.45) is 0 Å². The second-order valence-electron chi connectivity index (χ2n) is 2.00. The number of hydrogen-bond acceptors (Lipinski definition) is 2. The Morgan fingerprint density at radius 2 is 2.30 bits per heavy atom. The maximum absolute atomic E-state index is 10.7. The third kappa shape index (κ3) is 0.621. The number of hydrogen-bond donors (Lipinski definition) is 2. The van der Waals surface area contributed by atoms with E-state index >= 15 is 0 Å². The average molecular weight is 135 g/mol. The van der Waals surface area contributed by atoms with Crippen LogP contribution in [0.2, 0.25) is 0 Å². The minimum absolute atomic E-state index is 0.161. The molecular formula is C6H5N3O. The molecule has 0 aromatic rings. The molecule has 4 nitrogen and oxygen atoms in total. The van der Waals surface area contributed by atoms with Crippen molar-refractivity contribution in [1.29, 1.82) is 0 Å². The second kappa shape index (κ2) is 1.70. The summed E-state index contributed by atoms with van der Waals surface area (Å²) < 4.78 is 0. The van der Waals surface area contributed by atoms with Gasteiger partial charge >= 0.3 is 0 Å². The van der Waals surface area contributed by atoms with Crippen molar-refractivity contribution >= 4 is 0 Å². The van der Waals surface area contributed by atoms with Crippen LogP contribution in [0.4, 0.5) is 0 Å². The van der Waals surface area contributed by atoms with E-state index in [9.17, 15) is 4.79 Å². The zero-order valence-corrected chi connectivity index (χ0v) is 5.09. The van der Waals surface area contributed by atoms with Gasteiger partial charge in [-0.05, 0) is 6.07 Å². The monoisotopic (exact) mass is 135 g/mol. The molecule has 0 saturated carbocycles. The van der Waals surface area contributed by atoms with E-state index in [0.717, 1.165) is 5.69 Å². The normalized spacial score (nSPS) is 10.4. The van der Waals surface area contributed by atoms with Gasteiger partial charge in [0.05, 0.1) is 11.4 Å². The van der Waals surface area contributed by atoms with Crippen LogP contribution >= 0.6 is 0 Å². The highest BCUT2D eigenvalue weighted by atomic mass is 16.1. The lowest BCUT2D eigenvalue weighted by Crippen LogP contribution is -2.06. The van der Waals surface area contributed by atoms with Crippen molar-refractivity contribution in [1.82, 2.24) is 15.2 Å². The summed E-state index contributed by atoms with van der Waals surface area (Å²) in [5, 5.41) is 5.14. The van der Waals surface area contributed by atoms with Crippen LogP contribution in [-0.4, -0.2) is 15.2 Å². The van der Waals surface area contributed by atoms with Gasteiger partial charge in [-0.3, -0.25) is 20.0 Å². The third-order valence-electron chi connectivity index (χ3n) is 1.32. The molecular weight excluding hydrogens is 130 g/mol. The molecule has 0 unspecified atom stereocenters. The van der Waals surface area contributed by atoms with E-state index in [1.54, 1.807) is 12.3 Å². The SMILES string of the molecule is O=c1cc2nccc-2[nH][nH]1. The lowest BCUT2D eigenvalue weighted by Gasteiger charge is -1.92. The van der Waals surface area contributed by atoms with Gasteiger partial charge in [-0.1, -0.05) is 0 Å². The molecule has 2 aliphatic heterocycles. The molecule has 2 aliphatic rings. The van der Waals surface area contributed by atoms with Crippen molar-refractivity contribution < 1.29 is 0 Å². The van der Waals surface area contributed by atoms with Gasteiger partial charge in [0.1, 0.15) is 0 Å². The van der Waals surface area contributed by atoms with E-state index in [4.69, 9.17) is 0 Å². The Morgan fingerprint density at radius 1 is 1.40 bits per heavy atom. The Hall–Kier alpha value is -1.58. The van der Waals surface area contributed by atoms with Gasteiger partial charge in [0.25, 0.3) is 5.56 Å². The number of aromatic amines is 2. The van der Waals surface area contributed by atoms with Crippen molar-refractivity contribution in [2.75, 3.05) is 0 Å². The van der Waals surface area contributed by atoms with E-state index in [0.29, 0.717) is 5.69 Å². The minimum atomic E-state index is -0.161. The molecule has 0 spiro atoms. The smallest absolute Gasteiger partial charge is 0.264 e. The molecule has 0 atom stereocenters. The van der Waals surface area contributed by atoms with Gasteiger partial charge in [0.15, 0.2) is 0 Å². The molecule has 4 heteroatoms. The predicted octanol–water partition coefficient (Wildman–Crippen LogP) is 0.203. The van der Waals surface area contributed by atoms with Crippen LogP contribution in [0.25, 0.3) is 11.4 Å². The van der Waals surface area contributed by atoms with E-state index in [1.807, 2.05) is 0 Å². The molecule has 0 amide bonds. The standard InChI is InChI=1S/C6H5N3O/c10-6-3-5-4(8-9-6)1-2-7-5/h1-3,8H,(H,9,10). The van der Waals surface area contributed by atoms with Crippen LogP contribution in [0.3, 0.4) is 0 Å². The average Bonchev–Trinajstić information content (AvgIpc) is 2.33. The first-order valence-corrected chi connectivity index (χ1v) is 2.89. The summed E-state index contributed by atoms with van der Waals surface area (Å²) in [6, 6.07) is 3.25. The fraction of sp³-hybridized carbons (Fsp3) is 0.